The number of amides is 1. The van der Waals surface area contributed by atoms with Crippen molar-refractivity contribution in [3.8, 4) is 0 Å². The fourth-order valence-corrected chi connectivity index (χ4v) is 4.81. The number of unbranched alkanes of at least 4 members (excludes halogenated alkanes) is 3. The Hall–Kier alpha value is -2.65. The van der Waals surface area contributed by atoms with E-state index in [0.717, 1.165) is 34.5 Å². The van der Waals surface area contributed by atoms with Crippen molar-refractivity contribution in [2.24, 2.45) is 0 Å². The van der Waals surface area contributed by atoms with Gasteiger partial charge in [0, 0.05) is 35.2 Å². The number of hydrogen-bond acceptors (Lipinski definition) is 4. The van der Waals surface area contributed by atoms with Crippen LogP contribution in [0.15, 0.2) is 62.8 Å². The average molecular weight is 520 g/mol. The van der Waals surface area contributed by atoms with E-state index in [9.17, 15) is 18.0 Å². The minimum atomic E-state index is -3.90. The van der Waals surface area contributed by atoms with Gasteiger partial charge < -0.3 is 10.3 Å². The largest absolute Gasteiger partial charge is 0.360 e. The first-order valence-electron chi connectivity index (χ1n) is 10.4. The topological polar surface area (TPSA) is 99.3 Å². The molecule has 1 heterocycles. The maximum absolute atomic E-state index is 13.1. The van der Waals surface area contributed by atoms with E-state index in [0.29, 0.717) is 17.7 Å². The summed E-state index contributed by atoms with van der Waals surface area (Å²) in [6, 6.07) is 11.1. The van der Waals surface area contributed by atoms with Gasteiger partial charge in [0.25, 0.3) is 15.9 Å². The number of halogens is 1. The summed E-state index contributed by atoms with van der Waals surface area (Å²) in [5, 5.41) is 2.91. The van der Waals surface area contributed by atoms with Gasteiger partial charge in [-0.25, -0.2) is 8.42 Å². The number of benzene rings is 2. The van der Waals surface area contributed by atoms with Crippen LogP contribution in [0.1, 0.15) is 43.0 Å². The van der Waals surface area contributed by atoms with Crippen molar-refractivity contribution >= 4 is 48.5 Å². The zero-order valence-electron chi connectivity index (χ0n) is 18.0. The number of carbonyl (C=O) groups is 1. The van der Waals surface area contributed by atoms with E-state index in [2.05, 4.69) is 33.2 Å². The minimum Gasteiger partial charge on any atom is -0.360 e. The van der Waals surface area contributed by atoms with Crippen molar-refractivity contribution in [3.05, 3.63) is 68.9 Å². The Balaban J connectivity index is 1.90. The number of carbonyl (C=O) groups excluding carboxylic acids is 1. The fourth-order valence-electron chi connectivity index (χ4n) is 3.32. The highest BCUT2D eigenvalue weighted by Gasteiger charge is 2.23. The van der Waals surface area contributed by atoms with Crippen molar-refractivity contribution in [1.82, 2.24) is 10.3 Å². The molecule has 3 aromatic rings. The lowest BCUT2D eigenvalue weighted by atomic mass is 10.1. The van der Waals surface area contributed by atoms with E-state index in [1.165, 1.54) is 31.4 Å². The van der Waals surface area contributed by atoms with Gasteiger partial charge >= 0.3 is 0 Å². The van der Waals surface area contributed by atoms with Gasteiger partial charge in [0.1, 0.15) is 5.56 Å². The van der Waals surface area contributed by atoms with Gasteiger partial charge in [0.05, 0.1) is 10.6 Å². The molecule has 3 rings (SSSR count). The van der Waals surface area contributed by atoms with Crippen LogP contribution in [0, 0.1) is 0 Å². The van der Waals surface area contributed by atoms with Crippen molar-refractivity contribution < 1.29 is 13.2 Å². The third kappa shape index (κ3) is 5.21. The van der Waals surface area contributed by atoms with Crippen LogP contribution in [0.25, 0.3) is 10.9 Å². The molecule has 7 nitrogen and oxygen atoms in total. The van der Waals surface area contributed by atoms with Crippen LogP contribution in [0.5, 0.6) is 0 Å². The quantitative estimate of drug-likeness (QED) is 0.408. The van der Waals surface area contributed by atoms with E-state index >= 15 is 0 Å². The molecule has 9 heteroatoms. The van der Waals surface area contributed by atoms with E-state index < -0.39 is 21.4 Å². The van der Waals surface area contributed by atoms with Gasteiger partial charge in [-0.1, -0.05) is 42.1 Å². The molecule has 0 fully saturated rings. The molecule has 0 atom stereocenters. The maximum Gasteiger partial charge on any atom is 0.264 e. The average Bonchev–Trinajstić information content (AvgIpc) is 2.79. The van der Waals surface area contributed by atoms with Crippen LogP contribution in [-0.4, -0.2) is 32.9 Å². The lowest BCUT2D eigenvalue weighted by Gasteiger charge is -2.20. The number of H-pyrrole nitrogens is 1. The minimum absolute atomic E-state index is 0.0296. The standard InChI is InChI=1S/C23H26BrN3O4S/c1-3-4-5-6-13-25-23(29)20-15-26-21-12-11-18(14-19(21)22(20)28)32(30,31)27(2)17-9-7-16(24)8-10-17/h7-12,14-15H,3-6,13H2,1-2H3,(H,25,29)(H,26,28). The SMILES string of the molecule is CCCCCCNC(=O)c1c[nH]c2ccc(S(=O)(=O)N(C)c3ccc(Br)cc3)cc2c1=O. The molecule has 0 unspecified atom stereocenters. The molecule has 0 spiro atoms. The zero-order valence-corrected chi connectivity index (χ0v) is 20.4. The molecule has 0 aliphatic heterocycles. The second kappa shape index (κ2) is 10.3. The first kappa shape index (κ1) is 24.0. The number of pyridine rings is 1. The summed E-state index contributed by atoms with van der Waals surface area (Å²) in [5.41, 5.74) is 0.398. The number of aromatic amines is 1. The van der Waals surface area contributed by atoms with Gasteiger partial charge in [0.15, 0.2) is 0 Å². The Morgan fingerprint density at radius 1 is 1.09 bits per heavy atom. The van der Waals surface area contributed by atoms with Crippen LogP contribution in [-0.2, 0) is 10.0 Å². The first-order chi connectivity index (χ1) is 15.3. The van der Waals surface area contributed by atoms with Crippen LogP contribution >= 0.6 is 15.9 Å². The summed E-state index contributed by atoms with van der Waals surface area (Å²) < 4.78 is 28.3. The second-order valence-corrected chi connectivity index (χ2v) is 10.4. The highest BCUT2D eigenvalue weighted by Crippen LogP contribution is 2.25. The van der Waals surface area contributed by atoms with Crippen molar-refractivity contribution in [1.29, 1.82) is 0 Å². The molecule has 2 aromatic carbocycles. The third-order valence-corrected chi connectivity index (χ3v) is 7.57. The van der Waals surface area contributed by atoms with E-state index in [1.807, 2.05) is 0 Å². The predicted octanol–water partition coefficient (Wildman–Crippen LogP) is 4.43. The summed E-state index contributed by atoms with van der Waals surface area (Å²) in [5.74, 6) is -0.468. The third-order valence-electron chi connectivity index (χ3n) is 5.26. The molecule has 2 N–H and O–H groups in total. The summed E-state index contributed by atoms with van der Waals surface area (Å²) in [4.78, 5) is 28.3. The highest BCUT2D eigenvalue weighted by atomic mass is 79.9. The highest BCUT2D eigenvalue weighted by molar-refractivity contribution is 9.10. The normalized spacial score (nSPS) is 11.5. The zero-order chi connectivity index (χ0) is 23.3. The van der Waals surface area contributed by atoms with Crippen molar-refractivity contribution in [2.45, 2.75) is 37.5 Å². The van der Waals surface area contributed by atoms with Crippen LogP contribution in [0.2, 0.25) is 0 Å². The molecule has 0 radical (unpaired) electrons. The van der Waals surface area contributed by atoms with Crippen LogP contribution in [0.4, 0.5) is 5.69 Å². The van der Waals surface area contributed by atoms with Gasteiger partial charge in [-0.05, 0) is 48.9 Å². The molecule has 0 bridgehead atoms. The number of fused-ring (bicyclic) bond motifs is 1. The summed E-state index contributed by atoms with van der Waals surface area (Å²) in [6.45, 7) is 2.60. The molecule has 32 heavy (non-hydrogen) atoms. The van der Waals surface area contributed by atoms with E-state index in [1.54, 1.807) is 24.3 Å². The summed E-state index contributed by atoms with van der Waals surface area (Å²) >= 11 is 3.33. The number of aromatic nitrogens is 1. The molecule has 0 saturated heterocycles. The van der Waals surface area contributed by atoms with Crippen molar-refractivity contribution in [2.75, 3.05) is 17.9 Å². The maximum atomic E-state index is 13.1. The summed E-state index contributed by atoms with van der Waals surface area (Å²) in [6.07, 6.45) is 5.42. The molecule has 0 aliphatic rings. The van der Waals surface area contributed by atoms with Gasteiger partial charge in [-0.3, -0.25) is 13.9 Å². The van der Waals surface area contributed by atoms with Crippen LogP contribution < -0.4 is 15.1 Å². The second-order valence-electron chi connectivity index (χ2n) is 7.50. The summed E-state index contributed by atoms with van der Waals surface area (Å²) in [7, 11) is -2.45. The first-order valence-corrected chi connectivity index (χ1v) is 12.7. The number of rotatable bonds is 9. The van der Waals surface area contributed by atoms with E-state index in [-0.39, 0.29) is 15.8 Å². The number of hydrogen-bond donors (Lipinski definition) is 2. The lowest BCUT2D eigenvalue weighted by Crippen LogP contribution is -2.30. The number of sulfonamides is 1. The molecule has 0 aliphatic carbocycles. The smallest absolute Gasteiger partial charge is 0.264 e. The monoisotopic (exact) mass is 519 g/mol. The van der Waals surface area contributed by atoms with Crippen LogP contribution in [0.3, 0.4) is 0 Å². The molecule has 1 amide bonds. The van der Waals surface area contributed by atoms with Crippen molar-refractivity contribution in [3.63, 3.8) is 0 Å². The molecule has 170 valence electrons. The van der Waals surface area contributed by atoms with Gasteiger partial charge in [0.2, 0.25) is 5.43 Å². The Bertz CT molecular complexity index is 1270. The number of nitrogens with one attached hydrogen (secondary N) is 2. The molecular weight excluding hydrogens is 494 g/mol. The van der Waals surface area contributed by atoms with Gasteiger partial charge in [-0.2, -0.15) is 0 Å². The van der Waals surface area contributed by atoms with Gasteiger partial charge in [-0.15, -0.1) is 0 Å². The number of anilines is 1. The predicted molar refractivity (Wildman–Crippen MR) is 131 cm³/mol. The Kier molecular flexibility index (Phi) is 7.73. The Morgan fingerprint density at radius 2 is 1.81 bits per heavy atom. The molecule has 1 aromatic heterocycles. The fraction of sp³-hybridized carbons (Fsp3) is 0.304. The Labute approximate surface area is 196 Å². The number of nitrogens with zero attached hydrogens (tertiary/aromatic N) is 1. The molecule has 0 saturated carbocycles. The lowest BCUT2D eigenvalue weighted by molar-refractivity contribution is 0.0951. The molecular formula is C23H26BrN3O4S. The van der Waals surface area contributed by atoms with E-state index in [4.69, 9.17) is 0 Å². The Morgan fingerprint density at radius 3 is 2.50 bits per heavy atom.